The van der Waals surface area contributed by atoms with Gasteiger partial charge in [-0.3, -0.25) is 14.6 Å². The van der Waals surface area contributed by atoms with Crippen molar-refractivity contribution >= 4 is 45.1 Å². The van der Waals surface area contributed by atoms with Crippen molar-refractivity contribution in [3.63, 3.8) is 0 Å². The third kappa shape index (κ3) is 4.92. The number of piperidine rings is 1. The number of aromatic nitrogens is 4. The number of pyridine rings is 2. The Hall–Kier alpha value is -4.05. The Bertz CT molecular complexity index is 1560. The molecule has 0 bridgehead atoms. The fourth-order valence-corrected chi connectivity index (χ4v) is 5.69. The number of aryl methyl sites for hydroxylation is 1. The molecule has 4 aromatic rings. The van der Waals surface area contributed by atoms with Gasteiger partial charge in [0.05, 0.1) is 28.8 Å². The number of nitrogen functional groups attached to an aromatic ring is 1. The van der Waals surface area contributed by atoms with Gasteiger partial charge in [0.1, 0.15) is 17.6 Å². The first-order valence-corrected chi connectivity index (χ1v) is 13.6. The highest BCUT2D eigenvalue weighted by molar-refractivity contribution is 6.40. The summed E-state index contributed by atoms with van der Waals surface area (Å²) in [6.07, 6.45) is 7.73. The lowest BCUT2D eigenvalue weighted by molar-refractivity contribution is -0.146. The van der Waals surface area contributed by atoms with E-state index in [0.717, 1.165) is 54.3 Å². The minimum absolute atomic E-state index is 0.188. The molecular weight excluding hydrogens is 494 g/mol. The van der Waals surface area contributed by atoms with Crippen molar-refractivity contribution in [2.75, 3.05) is 24.2 Å². The number of nitrogens with zero attached hydrogens (tertiary/aromatic N) is 5. The fraction of sp³-hybridized carbons (Fsp3) is 0.414. The van der Waals surface area contributed by atoms with E-state index in [-0.39, 0.29) is 18.2 Å². The maximum Gasteiger partial charge on any atom is 0.314 e. The lowest BCUT2D eigenvalue weighted by Gasteiger charge is -2.38. The summed E-state index contributed by atoms with van der Waals surface area (Å²) in [4.78, 5) is 37.6. The maximum absolute atomic E-state index is 13.6. The molecule has 2 saturated heterocycles. The number of amides is 2. The molecule has 2 aliphatic heterocycles. The first-order valence-electron chi connectivity index (χ1n) is 13.6. The largest absolute Gasteiger partial charge is 0.383 e. The summed E-state index contributed by atoms with van der Waals surface area (Å²) in [6.45, 7) is 5.24. The SMILES string of the molecule is Cc1ccc2ccc([C@H]3CC[C@H](C)CN3C(=O)C(=O)Nc3cnc(N)c4cn(C5CCCCO5)nc34)cc2n1. The van der Waals surface area contributed by atoms with E-state index in [2.05, 4.69) is 27.3 Å². The lowest BCUT2D eigenvalue weighted by Crippen LogP contribution is -2.46. The van der Waals surface area contributed by atoms with Crippen molar-refractivity contribution in [2.24, 2.45) is 5.92 Å². The number of hydrogen-bond donors (Lipinski definition) is 2. The van der Waals surface area contributed by atoms with Crippen LogP contribution in [0.3, 0.4) is 0 Å². The molecule has 1 aromatic carbocycles. The molecule has 10 nitrogen and oxygen atoms in total. The summed E-state index contributed by atoms with van der Waals surface area (Å²) in [5, 5.41) is 9.08. The summed E-state index contributed by atoms with van der Waals surface area (Å²) in [5.41, 5.74) is 9.76. The van der Waals surface area contributed by atoms with Crippen LogP contribution in [0.2, 0.25) is 0 Å². The Morgan fingerprint density at radius 3 is 2.79 bits per heavy atom. The van der Waals surface area contributed by atoms with Crippen molar-refractivity contribution in [3.8, 4) is 0 Å². The smallest absolute Gasteiger partial charge is 0.314 e. The van der Waals surface area contributed by atoms with Gasteiger partial charge in [-0.15, -0.1) is 0 Å². The van der Waals surface area contributed by atoms with Crippen molar-refractivity contribution in [1.29, 1.82) is 0 Å². The van der Waals surface area contributed by atoms with Crippen molar-refractivity contribution < 1.29 is 14.3 Å². The Morgan fingerprint density at radius 2 is 1.97 bits per heavy atom. The molecule has 2 aliphatic rings. The summed E-state index contributed by atoms with van der Waals surface area (Å²) >= 11 is 0. The average Bonchev–Trinajstić information content (AvgIpc) is 3.41. The van der Waals surface area contributed by atoms with Gasteiger partial charge in [-0.2, -0.15) is 5.10 Å². The average molecular weight is 528 g/mol. The number of carbonyl (C=O) groups is 2. The second-order valence-corrected chi connectivity index (χ2v) is 10.8. The quantitative estimate of drug-likeness (QED) is 0.375. The van der Waals surface area contributed by atoms with Crippen LogP contribution in [0, 0.1) is 12.8 Å². The number of carbonyl (C=O) groups excluding carboxylic acids is 2. The Kier molecular flexibility index (Phi) is 6.64. The van der Waals surface area contributed by atoms with E-state index >= 15 is 0 Å². The van der Waals surface area contributed by atoms with Crippen LogP contribution in [0.5, 0.6) is 0 Å². The first-order chi connectivity index (χ1) is 18.9. The number of anilines is 2. The molecular formula is C29H33N7O3. The van der Waals surface area contributed by atoms with E-state index in [4.69, 9.17) is 10.5 Å². The third-order valence-electron chi connectivity index (χ3n) is 7.81. The second kappa shape index (κ2) is 10.3. The van der Waals surface area contributed by atoms with E-state index in [1.165, 1.54) is 6.20 Å². The highest BCUT2D eigenvalue weighted by Crippen LogP contribution is 2.35. The number of ether oxygens (including phenoxy) is 1. The van der Waals surface area contributed by atoms with E-state index in [1.54, 1.807) is 15.8 Å². The van der Waals surface area contributed by atoms with Gasteiger partial charge in [0.25, 0.3) is 0 Å². The van der Waals surface area contributed by atoms with E-state index in [9.17, 15) is 9.59 Å². The molecule has 3 aromatic heterocycles. The molecule has 0 saturated carbocycles. The molecule has 0 spiro atoms. The van der Waals surface area contributed by atoms with Crippen molar-refractivity contribution in [1.82, 2.24) is 24.6 Å². The summed E-state index contributed by atoms with van der Waals surface area (Å²) in [6, 6.07) is 9.92. The van der Waals surface area contributed by atoms with Crippen LogP contribution >= 0.6 is 0 Å². The first kappa shape index (κ1) is 25.2. The van der Waals surface area contributed by atoms with E-state index in [1.807, 2.05) is 37.3 Å². The third-order valence-corrected chi connectivity index (χ3v) is 7.81. The van der Waals surface area contributed by atoms with Crippen LogP contribution in [0.25, 0.3) is 21.8 Å². The minimum atomic E-state index is -0.722. The van der Waals surface area contributed by atoms with Gasteiger partial charge >= 0.3 is 11.8 Å². The minimum Gasteiger partial charge on any atom is -0.383 e. The molecule has 2 fully saturated rings. The number of nitrogens with two attached hydrogens (primary N) is 1. The summed E-state index contributed by atoms with van der Waals surface area (Å²) in [7, 11) is 0. The molecule has 10 heteroatoms. The van der Waals surface area contributed by atoms with Crippen LogP contribution in [0.15, 0.2) is 42.7 Å². The fourth-order valence-electron chi connectivity index (χ4n) is 5.69. The lowest BCUT2D eigenvalue weighted by atomic mass is 9.89. The summed E-state index contributed by atoms with van der Waals surface area (Å²) in [5.74, 6) is -0.708. The van der Waals surface area contributed by atoms with Crippen molar-refractivity contribution in [2.45, 2.75) is 58.2 Å². The zero-order valence-electron chi connectivity index (χ0n) is 22.3. The molecule has 3 atom stereocenters. The predicted molar refractivity (Wildman–Crippen MR) is 149 cm³/mol. The van der Waals surface area contributed by atoms with Crippen LogP contribution < -0.4 is 11.1 Å². The number of hydrogen-bond acceptors (Lipinski definition) is 7. The molecule has 0 aliphatic carbocycles. The molecule has 0 radical (unpaired) electrons. The van der Waals surface area contributed by atoms with Gasteiger partial charge in [-0.05, 0) is 62.6 Å². The molecule has 2 amide bonds. The van der Waals surface area contributed by atoms with E-state index in [0.29, 0.717) is 35.6 Å². The Labute approximate surface area is 226 Å². The van der Waals surface area contributed by atoms with Gasteiger partial charge in [0, 0.05) is 30.4 Å². The van der Waals surface area contributed by atoms with Crippen LogP contribution in [0.4, 0.5) is 11.5 Å². The zero-order valence-corrected chi connectivity index (χ0v) is 22.3. The standard InChI is InChI=1S/C29H33N7O3/c1-17-6-11-24(20-10-9-19-8-7-18(2)32-22(19)13-20)35(15-17)29(38)28(37)33-23-14-31-27(30)21-16-36(34-26(21)23)25-5-3-4-12-39-25/h7-10,13-14,16-17,24-25H,3-6,11-12,15H2,1-2H3,(H2,30,31)(H,33,37)/t17-,24+,25?/m0/s1. The van der Waals surface area contributed by atoms with Crippen LogP contribution in [-0.4, -0.2) is 49.6 Å². The van der Waals surface area contributed by atoms with Gasteiger partial charge < -0.3 is 20.7 Å². The molecule has 6 rings (SSSR count). The highest BCUT2D eigenvalue weighted by Gasteiger charge is 2.35. The van der Waals surface area contributed by atoms with Gasteiger partial charge in [-0.25, -0.2) is 9.67 Å². The molecule has 39 heavy (non-hydrogen) atoms. The topological polar surface area (TPSA) is 128 Å². The monoisotopic (exact) mass is 527 g/mol. The van der Waals surface area contributed by atoms with Crippen molar-refractivity contribution in [3.05, 3.63) is 54.0 Å². The van der Waals surface area contributed by atoms with Gasteiger partial charge in [0.15, 0.2) is 0 Å². The predicted octanol–water partition coefficient (Wildman–Crippen LogP) is 4.51. The molecule has 1 unspecified atom stereocenters. The number of benzene rings is 1. The normalized spacial score (nSPS) is 21.8. The van der Waals surface area contributed by atoms with Gasteiger partial charge in [-0.1, -0.05) is 25.1 Å². The van der Waals surface area contributed by atoms with Crippen LogP contribution in [-0.2, 0) is 14.3 Å². The van der Waals surface area contributed by atoms with Crippen LogP contribution in [0.1, 0.15) is 62.6 Å². The highest BCUT2D eigenvalue weighted by atomic mass is 16.5. The van der Waals surface area contributed by atoms with E-state index < -0.39 is 11.8 Å². The molecule has 5 heterocycles. The molecule has 3 N–H and O–H groups in total. The number of likely N-dealkylation sites (tertiary alicyclic amines) is 1. The maximum atomic E-state index is 13.6. The van der Waals surface area contributed by atoms with Gasteiger partial charge in [0.2, 0.25) is 0 Å². The molecule has 202 valence electrons. The second-order valence-electron chi connectivity index (χ2n) is 10.8. The summed E-state index contributed by atoms with van der Waals surface area (Å²) < 4.78 is 7.59. The number of fused-ring (bicyclic) bond motifs is 2. The Morgan fingerprint density at radius 1 is 1.13 bits per heavy atom. The number of rotatable bonds is 3. The number of nitrogens with one attached hydrogen (secondary N) is 1. The Balaban J connectivity index is 1.27. The zero-order chi connectivity index (χ0) is 27.1.